The van der Waals surface area contributed by atoms with Gasteiger partial charge in [0.2, 0.25) is 5.91 Å². The number of carboxylic acids is 1. The van der Waals surface area contributed by atoms with Crippen molar-refractivity contribution in [3.8, 4) is 0 Å². The van der Waals surface area contributed by atoms with Crippen LogP contribution in [0.25, 0.3) is 0 Å². The smallest absolute Gasteiger partial charge is 0.326 e. The molecule has 1 saturated heterocycles. The summed E-state index contributed by atoms with van der Waals surface area (Å²) in [5, 5.41) is 11.6. The Labute approximate surface area is 107 Å². The van der Waals surface area contributed by atoms with E-state index in [2.05, 4.69) is 5.32 Å². The van der Waals surface area contributed by atoms with E-state index in [1.165, 1.54) is 0 Å². The zero-order chi connectivity index (χ0) is 12.7. The van der Waals surface area contributed by atoms with Crippen molar-refractivity contribution in [2.24, 2.45) is 5.92 Å². The molecule has 0 aliphatic carbocycles. The highest BCUT2D eigenvalue weighted by Crippen LogP contribution is 2.25. The van der Waals surface area contributed by atoms with E-state index >= 15 is 0 Å². The van der Waals surface area contributed by atoms with Gasteiger partial charge in [-0.05, 0) is 36.7 Å². The lowest BCUT2D eigenvalue weighted by atomic mass is 9.98. The fourth-order valence-corrected chi connectivity index (χ4v) is 3.22. The molecule has 1 amide bonds. The second-order valence-electron chi connectivity index (χ2n) is 4.51. The minimum Gasteiger partial charge on any atom is -0.480 e. The van der Waals surface area contributed by atoms with Crippen molar-refractivity contribution in [1.29, 1.82) is 0 Å². The first kappa shape index (κ1) is 14.4. The maximum absolute atomic E-state index is 11.7. The Morgan fingerprint density at radius 2 is 2.06 bits per heavy atom. The van der Waals surface area contributed by atoms with Crippen LogP contribution in [0.4, 0.5) is 0 Å². The monoisotopic (exact) mass is 259 g/mol. The molecular formula is C12H21NO3S. The van der Waals surface area contributed by atoms with Crippen LogP contribution in [0.2, 0.25) is 0 Å². The molecule has 1 aliphatic rings. The standard InChI is InChI=1S/C12H21NO3S/c1-2-3-10(12(15)16)13-11(14)8-9-4-6-17-7-5-9/h9-10H,2-8H2,1H3,(H,13,14)(H,15,16). The normalized spacial score (nSPS) is 18.6. The Balaban J connectivity index is 2.33. The SMILES string of the molecule is CCCC(NC(=O)CC1CCSCC1)C(=O)O. The fraction of sp³-hybridized carbons (Fsp3) is 0.833. The third-order valence-electron chi connectivity index (χ3n) is 3.03. The Morgan fingerprint density at radius 1 is 1.41 bits per heavy atom. The highest BCUT2D eigenvalue weighted by molar-refractivity contribution is 7.99. The zero-order valence-corrected chi connectivity index (χ0v) is 11.1. The van der Waals surface area contributed by atoms with Crippen molar-refractivity contribution >= 4 is 23.6 Å². The summed E-state index contributed by atoms with van der Waals surface area (Å²) in [6.45, 7) is 1.92. The van der Waals surface area contributed by atoms with E-state index in [9.17, 15) is 9.59 Å². The summed E-state index contributed by atoms with van der Waals surface area (Å²) in [6, 6.07) is -0.717. The quantitative estimate of drug-likeness (QED) is 0.764. The van der Waals surface area contributed by atoms with Crippen LogP contribution in [0.5, 0.6) is 0 Å². The number of hydrogen-bond donors (Lipinski definition) is 2. The Morgan fingerprint density at radius 3 is 2.59 bits per heavy atom. The minimum absolute atomic E-state index is 0.109. The van der Waals surface area contributed by atoms with Crippen molar-refractivity contribution in [2.45, 2.75) is 45.1 Å². The van der Waals surface area contributed by atoms with Gasteiger partial charge in [-0.1, -0.05) is 13.3 Å². The number of carbonyl (C=O) groups excluding carboxylic acids is 1. The van der Waals surface area contributed by atoms with Gasteiger partial charge in [-0.25, -0.2) is 4.79 Å². The molecule has 0 aromatic heterocycles. The van der Waals surface area contributed by atoms with E-state index in [1.54, 1.807) is 0 Å². The second-order valence-corrected chi connectivity index (χ2v) is 5.73. The van der Waals surface area contributed by atoms with Gasteiger partial charge in [0.1, 0.15) is 6.04 Å². The first-order valence-electron chi connectivity index (χ1n) is 6.23. The number of rotatable bonds is 6. The molecule has 1 rings (SSSR count). The molecule has 5 heteroatoms. The lowest BCUT2D eigenvalue weighted by Gasteiger charge is -2.21. The molecule has 1 fully saturated rings. The molecule has 0 aromatic carbocycles. The van der Waals surface area contributed by atoms with Crippen molar-refractivity contribution < 1.29 is 14.7 Å². The molecule has 4 nitrogen and oxygen atoms in total. The summed E-state index contributed by atoms with van der Waals surface area (Å²) in [5.41, 5.74) is 0. The third kappa shape index (κ3) is 5.44. The summed E-state index contributed by atoms with van der Waals surface area (Å²) in [5.74, 6) is 1.64. The predicted molar refractivity (Wildman–Crippen MR) is 69.1 cm³/mol. The lowest BCUT2D eigenvalue weighted by Crippen LogP contribution is -2.41. The maximum atomic E-state index is 11.7. The number of nitrogens with one attached hydrogen (secondary N) is 1. The molecule has 0 spiro atoms. The van der Waals surface area contributed by atoms with Gasteiger partial charge in [0.05, 0.1) is 0 Å². The first-order valence-corrected chi connectivity index (χ1v) is 7.38. The summed E-state index contributed by atoms with van der Waals surface area (Å²) in [7, 11) is 0. The van der Waals surface area contributed by atoms with E-state index in [-0.39, 0.29) is 5.91 Å². The molecule has 0 saturated carbocycles. The van der Waals surface area contributed by atoms with Crippen LogP contribution in [0, 0.1) is 5.92 Å². The van der Waals surface area contributed by atoms with Crippen LogP contribution < -0.4 is 5.32 Å². The molecule has 1 aliphatic heterocycles. The largest absolute Gasteiger partial charge is 0.480 e. The number of thioether (sulfide) groups is 1. The van der Waals surface area contributed by atoms with Crippen molar-refractivity contribution in [3.63, 3.8) is 0 Å². The van der Waals surface area contributed by atoms with Gasteiger partial charge < -0.3 is 10.4 Å². The van der Waals surface area contributed by atoms with Gasteiger partial charge in [-0.3, -0.25) is 4.79 Å². The molecule has 0 aromatic rings. The number of carbonyl (C=O) groups is 2. The summed E-state index contributed by atoms with van der Waals surface area (Å²) < 4.78 is 0. The van der Waals surface area contributed by atoms with Crippen LogP contribution >= 0.6 is 11.8 Å². The van der Waals surface area contributed by atoms with Gasteiger partial charge in [-0.2, -0.15) is 11.8 Å². The molecule has 0 radical (unpaired) electrons. The Kier molecular flexibility index (Phi) is 6.40. The van der Waals surface area contributed by atoms with Crippen molar-refractivity contribution in [3.05, 3.63) is 0 Å². The van der Waals surface area contributed by atoms with Gasteiger partial charge in [0, 0.05) is 6.42 Å². The minimum atomic E-state index is -0.931. The molecule has 17 heavy (non-hydrogen) atoms. The maximum Gasteiger partial charge on any atom is 0.326 e. The number of amides is 1. The highest BCUT2D eigenvalue weighted by Gasteiger charge is 2.22. The zero-order valence-electron chi connectivity index (χ0n) is 10.3. The second kappa shape index (κ2) is 7.58. The fourth-order valence-electron chi connectivity index (χ4n) is 2.01. The number of carboxylic acid groups (broad SMARTS) is 1. The van der Waals surface area contributed by atoms with Gasteiger partial charge in [-0.15, -0.1) is 0 Å². The third-order valence-corrected chi connectivity index (χ3v) is 4.07. The van der Waals surface area contributed by atoms with Gasteiger partial charge >= 0.3 is 5.97 Å². The van der Waals surface area contributed by atoms with Crippen LogP contribution in [0.3, 0.4) is 0 Å². The predicted octanol–water partition coefficient (Wildman–Crippen LogP) is 1.89. The first-order chi connectivity index (χ1) is 8.13. The number of hydrogen-bond acceptors (Lipinski definition) is 3. The summed E-state index contributed by atoms with van der Waals surface area (Å²) in [4.78, 5) is 22.6. The molecule has 98 valence electrons. The molecule has 1 unspecified atom stereocenters. The molecule has 1 atom stereocenters. The van der Waals surface area contributed by atoms with E-state index in [4.69, 9.17) is 5.11 Å². The molecular weight excluding hydrogens is 238 g/mol. The summed E-state index contributed by atoms with van der Waals surface area (Å²) in [6.07, 6.45) is 3.89. The molecule has 1 heterocycles. The van der Waals surface area contributed by atoms with Crippen molar-refractivity contribution in [2.75, 3.05) is 11.5 Å². The topological polar surface area (TPSA) is 66.4 Å². The Hall–Kier alpha value is -0.710. The summed E-state index contributed by atoms with van der Waals surface area (Å²) >= 11 is 1.93. The average Bonchev–Trinajstić information content (AvgIpc) is 2.29. The molecule has 0 bridgehead atoms. The highest BCUT2D eigenvalue weighted by atomic mass is 32.2. The van der Waals surface area contributed by atoms with E-state index in [1.807, 2.05) is 18.7 Å². The Bertz CT molecular complexity index is 264. The molecule has 2 N–H and O–H groups in total. The van der Waals surface area contributed by atoms with E-state index in [0.29, 0.717) is 18.8 Å². The van der Waals surface area contributed by atoms with Gasteiger partial charge in [0.25, 0.3) is 0 Å². The van der Waals surface area contributed by atoms with Crippen LogP contribution in [0.15, 0.2) is 0 Å². The van der Waals surface area contributed by atoms with Crippen LogP contribution in [0.1, 0.15) is 39.0 Å². The van der Waals surface area contributed by atoms with E-state index in [0.717, 1.165) is 30.8 Å². The lowest BCUT2D eigenvalue weighted by molar-refractivity contribution is -0.142. The van der Waals surface area contributed by atoms with E-state index < -0.39 is 12.0 Å². The van der Waals surface area contributed by atoms with Gasteiger partial charge in [0.15, 0.2) is 0 Å². The van der Waals surface area contributed by atoms with Crippen molar-refractivity contribution in [1.82, 2.24) is 5.32 Å². The van der Waals surface area contributed by atoms with Crippen LogP contribution in [-0.2, 0) is 9.59 Å². The average molecular weight is 259 g/mol. The number of aliphatic carboxylic acids is 1. The van der Waals surface area contributed by atoms with Crippen LogP contribution in [-0.4, -0.2) is 34.5 Å².